The summed E-state index contributed by atoms with van der Waals surface area (Å²) in [5.74, 6) is -0.290. The number of sulfonamides is 1. The summed E-state index contributed by atoms with van der Waals surface area (Å²) >= 11 is 0. The Hall–Kier alpha value is -2.78. The number of hydrogen-bond donors (Lipinski definition) is 1. The SMILES string of the molecule is CCN(CCCNc1ccc(C(=O)c2ccccc2)cc1[N+](=O)[O-])S(C)(=O)=O. The zero-order valence-electron chi connectivity index (χ0n) is 15.8. The molecule has 2 rings (SSSR count). The number of anilines is 1. The zero-order valence-corrected chi connectivity index (χ0v) is 16.6. The van der Waals surface area contributed by atoms with Crippen molar-refractivity contribution in [1.82, 2.24) is 4.31 Å². The molecule has 0 atom stereocenters. The molecule has 0 saturated heterocycles. The molecule has 8 nitrogen and oxygen atoms in total. The van der Waals surface area contributed by atoms with Gasteiger partial charge in [-0.25, -0.2) is 12.7 Å². The van der Waals surface area contributed by atoms with Gasteiger partial charge in [-0.1, -0.05) is 37.3 Å². The van der Waals surface area contributed by atoms with Crippen molar-refractivity contribution in [3.63, 3.8) is 0 Å². The Balaban J connectivity index is 2.09. The van der Waals surface area contributed by atoms with Gasteiger partial charge in [-0.2, -0.15) is 0 Å². The molecule has 0 heterocycles. The number of rotatable bonds is 10. The van der Waals surface area contributed by atoms with E-state index in [2.05, 4.69) is 5.32 Å². The van der Waals surface area contributed by atoms with Crippen molar-refractivity contribution in [2.24, 2.45) is 0 Å². The van der Waals surface area contributed by atoms with Crippen LogP contribution in [-0.2, 0) is 10.0 Å². The lowest BCUT2D eigenvalue weighted by molar-refractivity contribution is -0.384. The quantitative estimate of drug-likeness (QED) is 0.282. The van der Waals surface area contributed by atoms with Crippen molar-refractivity contribution in [1.29, 1.82) is 0 Å². The highest BCUT2D eigenvalue weighted by Gasteiger charge is 2.19. The van der Waals surface area contributed by atoms with Crippen molar-refractivity contribution in [2.75, 3.05) is 31.2 Å². The van der Waals surface area contributed by atoms with E-state index in [1.165, 1.54) is 16.4 Å². The second-order valence-electron chi connectivity index (χ2n) is 6.22. The highest BCUT2D eigenvalue weighted by Crippen LogP contribution is 2.26. The van der Waals surface area contributed by atoms with Gasteiger partial charge in [0.15, 0.2) is 5.78 Å². The normalized spacial score (nSPS) is 11.4. The fourth-order valence-corrected chi connectivity index (χ4v) is 3.70. The van der Waals surface area contributed by atoms with Crippen molar-refractivity contribution in [3.8, 4) is 0 Å². The lowest BCUT2D eigenvalue weighted by atomic mass is 10.0. The smallest absolute Gasteiger partial charge is 0.293 e. The molecule has 0 fully saturated rings. The summed E-state index contributed by atoms with van der Waals surface area (Å²) in [6.07, 6.45) is 1.64. The topological polar surface area (TPSA) is 110 Å². The third kappa shape index (κ3) is 5.61. The maximum Gasteiger partial charge on any atom is 0.293 e. The van der Waals surface area contributed by atoms with Crippen LogP contribution in [0.5, 0.6) is 0 Å². The number of carbonyl (C=O) groups excluding carboxylic acids is 1. The summed E-state index contributed by atoms with van der Waals surface area (Å²) in [6.45, 7) is 2.80. The molecule has 1 N–H and O–H groups in total. The molecular formula is C19H23N3O5S. The predicted octanol–water partition coefficient (Wildman–Crippen LogP) is 2.91. The minimum absolute atomic E-state index is 0.197. The Morgan fingerprint density at radius 1 is 1.14 bits per heavy atom. The fourth-order valence-electron chi connectivity index (χ4n) is 2.77. The van der Waals surface area contributed by atoms with Crippen LogP contribution in [0.3, 0.4) is 0 Å². The Morgan fingerprint density at radius 2 is 1.82 bits per heavy atom. The Morgan fingerprint density at radius 3 is 2.39 bits per heavy atom. The van der Waals surface area contributed by atoms with E-state index in [1.807, 2.05) is 0 Å². The van der Waals surface area contributed by atoms with Crippen LogP contribution in [0, 0.1) is 10.1 Å². The molecule has 0 aromatic heterocycles. The second-order valence-corrected chi connectivity index (χ2v) is 8.20. The van der Waals surface area contributed by atoms with Gasteiger partial charge in [-0.15, -0.1) is 0 Å². The third-order valence-corrected chi connectivity index (χ3v) is 5.59. The van der Waals surface area contributed by atoms with Crippen LogP contribution in [0.1, 0.15) is 29.3 Å². The number of nitro benzene ring substituents is 1. The van der Waals surface area contributed by atoms with Gasteiger partial charge in [0.25, 0.3) is 5.69 Å². The molecule has 28 heavy (non-hydrogen) atoms. The number of ketones is 1. The van der Waals surface area contributed by atoms with E-state index in [0.717, 1.165) is 6.26 Å². The number of nitrogens with zero attached hydrogens (tertiary/aromatic N) is 2. The molecule has 2 aromatic carbocycles. The van der Waals surface area contributed by atoms with Crippen molar-refractivity contribution in [2.45, 2.75) is 13.3 Å². The van der Waals surface area contributed by atoms with E-state index >= 15 is 0 Å². The molecule has 0 bridgehead atoms. The third-order valence-electron chi connectivity index (χ3n) is 4.21. The molecule has 2 aromatic rings. The van der Waals surface area contributed by atoms with Gasteiger partial charge in [-0.05, 0) is 18.6 Å². The average Bonchev–Trinajstić information content (AvgIpc) is 2.67. The summed E-state index contributed by atoms with van der Waals surface area (Å²) in [6, 6.07) is 12.9. The molecular weight excluding hydrogens is 382 g/mol. The molecule has 0 amide bonds. The maximum absolute atomic E-state index is 12.5. The lowest BCUT2D eigenvalue weighted by Gasteiger charge is -2.17. The van der Waals surface area contributed by atoms with E-state index in [9.17, 15) is 23.3 Å². The zero-order chi connectivity index (χ0) is 20.7. The maximum atomic E-state index is 12.5. The molecule has 0 unspecified atom stereocenters. The van der Waals surface area contributed by atoms with E-state index in [0.29, 0.717) is 31.6 Å². The molecule has 0 saturated carbocycles. The Kier molecular flexibility index (Phi) is 7.24. The number of nitrogens with one attached hydrogen (secondary N) is 1. The van der Waals surface area contributed by atoms with Crippen molar-refractivity contribution >= 4 is 27.2 Å². The highest BCUT2D eigenvalue weighted by atomic mass is 32.2. The Bertz CT molecular complexity index is 945. The van der Waals surface area contributed by atoms with E-state index in [-0.39, 0.29) is 22.7 Å². The number of nitro groups is 1. The van der Waals surface area contributed by atoms with Gasteiger partial charge in [0.05, 0.1) is 11.2 Å². The largest absolute Gasteiger partial charge is 0.379 e. The van der Waals surface area contributed by atoms with Crippen LogP contribution in [0.2, 0.25) is 0 Å². The minimum atomic E-state index is -3.26. The van der Waals surface area contributed by atoms with Gasteiger partial charge >= 0.3 is 0 Å². The summed E-state index contributed by atoms with van der Waals surface area (Å²) in [7, 11) is -3.26. The summed E-state index contributed by atoms with van der Waals surface area (Å²) < 4.78 is 24.5. The first-order valence-electron chi connectivity index (χ1n) is 8.81. The fraction of sp³-hybridized carbons (Fsp3) is 0.316. The summed E-state index contributed by atoms with van der Waals surface area (Å²) in [4.78, 5) is 23.4. The van der Waals surface area contributed by atoms with Crippen LogP contribution in [0.15, 0.2) is 48.5 Å². The first kappa shape index (κ1) is 21.5. The molecule has 150 valence electrons. The van der Waals surface area contributed by atoms with E-state index in [4.69, 9.17) is 0 Å². The van der Waals surface area contributed by atoms with Crippen LogP contribution < -0.4 is 5.32 Å². The average molecular weight is 405 g/mol. The Labute approximate surface area is 164 Å². The van der Waals surface area contributed by atoms with Crippen molar-refractivity contribution in [3.05, 3.63) is 69.8 Å². The van der Waals surface area contributed by atoms with Gasteiger partial charge in [0.1, 0.15) is 5.69 Å². The summed E-state index contributed by atoms with van der Waals surface area (Å²) in [5.41, 5.74) is 0.782. The number of hydrogen-bond acceptors (Lipinski definition) is 6. The lowest BCUT2D eigenvalue weighted by Crippen LogP contribution is -2.31. The molecule has 9 heteroatoms. The van der Waals surface area contributed by atoms with Crippen LogP contribution in [0.25, 0.3) is 0 Å². The molecule has 0 aliphatic rings. The minimum Gasteiger partial charge on any atom is -0.379 e. The second kappa shape index (κ2) is 9.43. The van der Waals surface area contributed by atoms with Gasteiger partial charge in [-0.3, -0.25) is 14.9 Å². The van der Waals surface area contributed by atoms with E-state index < -0.39 is 14.9 Å². The molecule has 0 radical (unpaired) electrons. The predicted molar refractivity (Wildman–Crippen MR) is 108 cm³/mol. The van der Waals surface area contributed by atoms with Crippen LogP contribution in [0.4, 0.5) is 11.4 Å². The van der Waals surface area contributed by atoms with Crippen molar-refractivity contribution < 1.29 is 18.1 Å². The molecule has 0 aliphatic heterocycles. The van der Waals surface area contributed by atoms with E-state index in [1.54, 1.807) is 43.3 Å². The molecule has 0 spiro atoms. The van der Waals surface area contributed by atoms with Crippen LogP contribution in [-0.4, -0.2) is 49.3 Å². The monoisotopic (exact) mass is 405 g/mol. The standard InChI is InChI=1S/C19H23N3O5S/c1-3-21(28(2,26)27)13-7-12-20-17-11-10-16(14-18(17)22(24)25)19(23)15-8-5-4-6-9-15/h4-6,8-11,14,20H,3,7,12-13H2,1-2H3. The highest BCUT2D eigenvalue weighted by molar-refractivity contribution is 7.88. The number of benzene rings is 2. The summed E-state index contributed by atoms with van der Waals surface area (Å²) in [5, 5.41) is 14.4. The molecule has 0 aliphatic carbocycles. The number of carbonyl (C=O) groups is 1. The van der Waals surface area contributed by atoms with Gasteiger partial charge in [0, 0.05) is 36.8 Å². The first-order chi connectivity index (χ1) is 13.2. The van der Waals surface area contributed by atoms with Gasteiger partial charge in [0.2, 0.25) is 10.0 Å². The van der Waals surface area contributed by atoms with Crippen LogP contribution >= 0.6 is 0 Å². The first-order valence-corrected chi connectivity index (χ1v) is 10.7. The van der Waals surface area contributed by atoms with Gasteiger partial charge < -0.3 is 5.32 Å².